The predicted molar refractivity (Wildman–Crippen MR) is 146 cm³/mol. The summed E-state index contributed by atoms with van der Waals surface area (Å²) in [4.78, 5) is 24.5. The summed E-state index contributed by atoms with van der Waals surface area (Å²) in [5.41, 5.74) is 7.45. The first-order valence-electron chi connectivity index (χ1n) is 11.9. The molecule has 0 saturated carbocycles. The molecule has 0 amide bonds. The summed E-state index contributed by atoms with van der Waals surface area (Å²) in [5.74, 6) is -1.88. The Bertz CT molecular complexity index is 1340. The second-order valence-electron chi connectivity index (χ2n) is 8.98. The first-order valence-corrected chi connectivity index (χ1v) is 11.9. The molecule has 0 saturated heterocycles. The highest BCUT2D eigenvalue weighted by Crippen LogP contribution is 2.25. The average molecular weight is 476 g/mol. The molecule has 0 fully saturated rings. The van der Waals surface area contributed by atoms with Crippen LogP contribution in [-0.2, 0) is 11.2 Å². The monoisotopic (exact) mass is 475 g/mol. The Morgan fingerprint density at radius 3 is 1.92 bits per heavy atom. The van der Waals surface area contributed by atoms with Crippen molar-refractivity contribution in [2.75, 3.05) is 5.32 Å². The third-order valence-electron chi connectivity index (χ3n) is 6.23. The fourth-order valence-corrected chi connectivity index (χ4v) is 4.08. The van der Waals surface area contributed by atoms with Gasteiger partial charge in [-0.25, -0.2) is 0 Å². The van der Waals surface area contributed by atoms with Crippen molar-refractivity contribution < 1.29 is 14.7 Å². The first-order chi connectivity index (χ1) is 17.4. The van der Waals surface area contributed by atoms with Crippen LogP contribution in [0.2, 0.25) is 0 Å². The van der Waals surface area contributed by atoms with E-state index in [-0.39, 0.29) is 12.2 Å². The maximum absolute atomic E-state index is 12.8. The fourth-order valence-electron chi connectivity index (χ4n) is 4.08. The summed E-state index contributed by atoms with van der Waals surface area (Å²) >= 11 is 0. The highest BCUT2D eigenvalue weighted by atomic mass is 16.4. The van der Waals surface area contributed by atoms with E-state index in [4.69, 9.17) is 0 Å². The van der Waals surface area contributed by atoms with Crippen molar-refractivity contribution in [1.82, 2.24) is 0 Å². The van der Waals surface area contributed by atoms with Gasteiger partial charge in [-0.15, -0.1) is 0 Å². The zero-order valence-corrected chi connectivity index (χ0v) is 20.3. The van der Waals surface area contributed by atoms with Crippen molar-refractivity contribution in [3.8, 4) is 11.1 Å². The Morgan fingerprint density at radius 2 is 1.33 bits per heavy atom. The van der Waals surface area contributed by atoms with Gasteiger partial charge in [-0.2, -0.15) is 0 Å². The zero-order valence-electron chi connectivity index (χ0n) is 20.3. The minimum absolute atomic E-state index is 0.0329. The minimum Gasteiger partial charge on any atom is -0.481 e. The summed E-state index contributed by atoms with van der Waals surface area (Å²) in [6.07, 6.45) is 0.297. The highest BCUT2D eigenvalue weighted by molar-refractivity contribution is 5.98. The molecule has 0 aliphatic carbocycles. The Hall–Kier alpha value is -4.44. The van der Waals surface area contributed by atoms with Crippen molar-refractivity contribution in [2.45, 2.75) is 19.8 Å². The molecule has 2 N–H and O–H groups in total. The molecule has 4 heteroatoms. The van der Waals surface area contributed by atoms with Gasteiger partial charge in [0.2, 0.25) is 0 Å². The van der Waals surface area contributed by atoms with Crippen LogP contribution in [0.4, 0.5) is 5.69 Å². The molecule has 4 nitrogen and oxygen atoms in total. The number of hydrogen-bond acceptors (Lipinski definition) is 3. The number of ketones is 1. The molecular formula is C32H29NO3. The Balaban J connectivity index is 1.38. The number of rotatable bonds is 10. The molecule has 4 aromatic rings. The van der Waals surface area contributed by atoms with E-state index in [9.17, 15) is 14.7 Å². The molecule has 0 bridgehead atoms. The van der Waals surface area contributed by atoms with Gasteiger partial charge in [0.25, 0.3) is 0 Å². The normalized spacial score (nSPS) is 11.5. The second-order valence-corrected chi connectivity index (χ2v) is 8.98. The molecular weight excluding hydrogens is 446 g/mol. The van der Waals surface area contributed by atoms with E-state index in [0.717, 1.165) is 33.6 Å². The average Bonchev–Trinajstić information content (AvgIpc) is 2.89. The van der Waals surface area contributed by atoms with Gasteiger partial charge in [-0.05, 0) is 47.7 Å². The molecule has 4 rings (SSSR count). The molecule has 0 aromatic heterocycles. The molecule has 0 aliphatic heterocycles. The lowest BCUT2D eigenvalue weighted by Gasteiger charge is -2.12. The largest absolute Gasteiger partial charge is 0.481 e. The van der Waals surface area contributed by atoms with Gasteiger partial charge in [0.15, 0.2) is 5.78 Å². The van der Waals surface area contributed by atoms with Crippen LogP contribution in [0.15, 0.2) is 110 Å². The molecule has 0 spiro atoms. The predicted octanol–water partition coefficient (Wildman–Crippen LogP) is 7.26. The van der Waals surface area contributed by atoms with Gasteiger partial charge in [0, 0.05) is 23.4 Å². The number of aliphatic carboxylic acids is 1. The first kappa shape index (κ1) is 24.7. The maximum Gasteiger partial charge on any atom is 0.307 e. The lowest BCUT2D eigenvalue weighted by atomic mass is 9.91. The van der Waals surface area contributed by atoms with Crippen molar-refractivity contribution in [3.63, 3.8) is 0 Å². The minimum atomic E-state index is -0.956. The highest BCUT2D eigenvalue weighted by Gasteiger charge is 2.22. The quantitative estimate of drug-likeness (QED) is 0.237. The molecule has 0 heterocycles. The van der Waals surface area contributed by atoms with E-state index in [1.807, 2.05) is 78.9 Å². The van der Waals surface area contributed by atoms with Crippen LogP contribution >= 0.6 is 0 Å². The number of carbonyl (C=O) groups excluding carboxylic acids is 1. The fraction of sp³-hybridized carbons (Fsp3) is 0.125. The van der Waals surface area contributed by atoms with Crippen LogP contribution in [-0.4, -0.2) is 16.9 Å². The molecule has 0 radical (unpaired) electrons. The number of carboxylic acid groups (broad SMARTS) is 1. The van der Waals surface area contributed by atoms with Gasteiger partial charge < -0.3 is 10.4 Å². The van der Waals surface area contributed by atoms with Crippen LogP contribution in [0.25, 0.3) is 16.8 Å². The van der Waals surface area contributed by atoms with E-state index in [1.54, 1.807) is 12.1 Å². The molecule has 1 atom stereocenters. The third kappa shape index (κ3) is 6.36. The summed E-state index contributed by atoms with van der Waals surface area (Å²) in [6, 6.07) is 33.0. The standard InChI is InChI=1S/C32H29NO3/c1-22-8-10-25(11-9-22)23(2)33-30-18-16-27(17-19-30)26-12-14-28(15-13-26)31(34)21-29(32(35)36)20-24-6-4-3-5-7-24/h3-19,29,33H,2,20-21H2,1H3,(H,35,36). The molecule has 0 aliphatic rings. The number of Topliss-reactive ketones (excluding diaryl/α,β-unsaturated/α-hetero) is 1. The molecule has 4 aromatic carbocycles. The van der Waals surface area contributed by atoms with Crippen LogP contribution in [0.1, 0.15) is 33.5 Å². The van der Waals surface area contributed by atoms with Crippen molar-refractivity contribution in [1.29, 1.82) is 0 Å². The van der Waals surface area contributed by atoms with Crippen LogP contribution in [0.5, 0.6) is 0 Å². The lowest BCUT2D eigenvalue weighted by Crippen LogP contribution is -2.20. The van der Waals surface area contributed by atoms with Crippen LogP contribution in [0, 0.1) is 12.8 Å². The van der Waals surface area contributed by atoms with Crippen molar-refractivity contribution in [2.24, 2.45) is 5.92 Å². The van der Waals surface area contributed by atoms with E-state index >= 15 is 0 Å². The number of carboxylic acids is 1. The lowest BCUT2D eigenvalue weighted by molar-refractivity contribution is -0.141. The number of aryl methyl sites for hydroxylation is 1. The van der Waals surface area contributed by atoms with E-state index in [1.165, 1.54) is 5.56 Å². The van der Waals surface area contributed by atoms with Crippen molar-refractivity contribution >= 4 is 23.1 Å². The number of benzene rings is 4. The SMILES string of the molecule is C=C(Nc1ccc(-c2ccc(C(=O)CC(Cc3ccccc3)C(=O)O)cc2)cc1)c1ccc(C)cc1. The zero-order chi connectivity index (χ0) is 25.5. The molecule has 1 unspecified atom stereocenters. The summed E-state index contributed by atoms with van der Waals surface area (Å²) in [6.45, 7) is 6.19. The molecule has 36 heavy (non-hydrogen) atoms. The number of hydrogen-bond donors (Lipinski definition) is 2. The summed E-state index contributed by atoms with van der Waals surface area (Å²) in [7, 11) is 0. The van der Waals surface area contributed by atoms with Gasteiger partial charge in [0.05, 0.1) is 5.92 Å². The summed E-state index contributed by atoms with van der Waals surface area (Å²) in [5, 5.41) is 13.0. The number of carbonyl (C=O) groups is 2. The maximum atomic E-state index is 12.8. The Labute approximate surface area is 211 Å². The van der Waals surface area contributed by atoms with Crippen molar-refractivity contribution in [3.05, 3.63) is 132 Å². The number of anilines is 1. The van der Waals surface area contributed by atoms with E-state index in [0.29, 0.717) is 12.0 Å². The van der Waals surface area contributed by atoms with Gasteiger partial charge in [-0.3, -0.25) is 9.59 Å². The van der Waals surface area contributed by atoms with E-state index in [2.05, 4.69) is 31.0 Å². The third-order valence-corrected chi connectivity index (χ3v) is 6.23. The van der Waals surface area contributed by atoms with Gasteiger partial charge in [-0.1, -0.05) is 103 Å². The van der Waals surface area contributed by atoms with Gasteiger partial charge in [0.1, 0.15) is 0 Å². The van der Waals surface area contributed by atoms with Crippen LogP contribution < -0.4 is 5.32 Å². The molecule has 180 valence electrons. The second kappa shape index (κ2) is 11.3. The van der Waals surface area contributed by atoms with Crippen LogP contribution in [0.3, 0.4) is 0 Å². The topological polar surface area (TPSA) is 66.4 Å². The number of nitrogens with one attached hydrogen (secondary N) is 1. The van der Waals surface area contributed by atoms with E-state index < -0.39 is 11.9 Å². The smallest absolute Gasteiger partial charge is 0.307 e. The van der Waals surface area contributed by atoms with Gasteiger partial charge >= 0.3 is 5.97 Å². The Kier molecular flexibility index (Phi) is 7.76. The summed E-state index contributed by atoms with van der Waals surface area (Å²) < 4.78 is 0. The Morgan fingerprint density at radius 1 is 0.778 bits per heavy atom.